The molecular formula is C19H21N5O. The van der Waals surface area contributed by atoms with Crippen molar-refractivity contribution in [3.8, 4) is 5.82 Å². The number of nitrogens with zero attached hydrogens (tertiary/aromatic N) is 4. The van der Waals surface area contributed by atoms with Gasteiger partial charge < -0.3 is 10.1 Å². The maximum atomic E-state index is 5.91. The molecule has 3 aromatic rings. The zero-order valence-electron chi connectivity index (χ0n) is 14.4. The van der Waals surface area contributed by atoms with Gasteiger partial charge in [-0.2, -0.15) is 5.10 Å². The Morgan fingerprint density at radius 3 is 2.60 bits per heavy atom. The molecule has 1 N–H and O–H groups in total. The van der Waals surface area contributed by atoms with Crippen LogP contribution in [-0.4, -0.2) is 32.6 Å². The summed E-state index contributed by atoms with van der Waals surface area (Å²) in [7, 11) is 0. The molecule has 1 saturated heterocycles. The highest BCUT2D eigenvalue weighted by molar-refractivity contribution is 5.39. The molecule has 1 fully saturated rings. The minimum atomic E-state index is 0.0404. The fourth-order valence-electron chi connectivity index (χ4n) is 3.27. The highest BCUT2D eigenvalue weighted by Gasteiger charge is 2.29. The highest BCUT2D eigenvalue weighted by Crippen LogP contribution is 2.30. The molecule has 0 radical (unpaired) electrons. The van der Waals surface area contributed by atoms with Gasteiger partial charge in [-0.25, -0.2) is 4.68 Å². The molecule has 2 aromatic heterocycles. The van der Waals surface area contributed by atoms with E-state index in [0.29, 0.717) is 0 Å². The van der Waals surface area contributed by atoms with Crippen LogP contribution < -0.4 is 5.32 Å². The lowest BCUT2D eigenvalue weighted by atomic mass is 10.0. The van der Waals surface area contributed by atoms with Crippen molar-refractivity contribution in [3.63, 3.8) is 0 Å². The Kier molecular flexibility index (Phi) is 4.19. The zero-order valence-corrected chi connectivity index (χ0v) is 14.4. The Balaban J connectivity index is 1.50. The SMILES string of the molecule is Cc1cc(C)n(-c2ccc(N[C@@H]3CCO[C@H]3c3ccccc3)nn2)n1. The molecule has 0 aliphatic carbocycles. The van der Waals surface area contributed by atoms with E-state index in [4.69, 9.17) is 4.74 Å². The minimum Gasteiger partial charge on any atom is -0.371 e. The maximum absolute atomic E-state index is 5.91. The van der Waals surface area contributed by atoms with Crippen LogP contribution in [0.1, 0.15) is 29.5 Å². The van der Waals surface area contributed by atoms with Gasteiger partial charge in [0.05, 0.1) is 11.7 Å². The molecule has 0 unspecified atom stereocenters. The number of aryl methyl sites for hydroxylation is 2. The van der Waals surface area contributed by atoms with E-state index in [1.807, 2.05) is 50.2 Å². The topological polar surface area (TPSA) is 64.9 Å². The van der Waals surface area contributed by atoms with Crippen LogP contribution in [0.15, 0.2) is 48.5 Å². The Morgan fingerprint density at radius 2 is 1.92 bits per heavy atom. The molecule has 4 rings (SSSR count). The molecular weight excluding hydrogens is 314 g/mol. The van der Waals surface area contributed by atoms with Crippen molar-refractivity contribution in [1.82, 2.24) is 20.0 Å². The second-order valence-corrected chi connectivity index (χ2v) is 6.36. The first-order valence-corrected chi connectivity index (χ1v) is 8.51. The van der Waals surface area contributed by atoms with Gasteiger partial charge in [0.2, 0.25) is 0 Å². The number of hydrogen-bond donors (Lipinski definition) is 1. The van der Waals surface area contributed by atoms with Gasteiger partial charge in [-0.1, -0.05) is 30.3 Å². The van der Waals surface area contributed by atoms with Crippen molar-refractivity contribution >= 4 is 5.82 Å². The molecule has 0 spiro atoms. The van der Waals surface area contributed by atoms with Crippen LogP contribution in [-0.2, 0) is 4.74 Å². The Bertz CT molecular complexity index is 844. The minimum absolute atomic E-state index is 0.0404. The summed E-state index contributed by atoms with van der Waals surface area (Å²) in [5.41, 5.74) is 3.20. The number of benzene rings is 1. The monoisotopic (exact) mass is 335 g/mol. The summed E-state index contributed by atoms with van der Waals surface area (Å²) in [5.74, 6) is 1.47. The highest BCUT2D eigenvalue weighted by atomic mass is 16.5. The molecule has 2 atom stereocenters. The summed E-state index contributed by atoms with van der Waals surface area (Å²) in [4.78, 5) is 0. The summed E-state index contributed by atoms with van der Waals surface area (Å²) in [6, 6.07) is 16.4. The average Bonchev–Trinajstić information content (AvgIpc) is 3.22. The van der Waals surface area contributed by atoms with Gasteiger partial charge >= 0.3 is 0 Å². The van der Waals surface area contributed by atoms with Crippen molar-refractivity contribution in [1.29, 1.82) is 0 Å². The summed E-state index contributed by atoms with van der Waals surface area (Å²) >= 11 is 0. The Hall–Kier alpha value is -2.73. The van der Waals surface area contributed by atoms with E-state index < -0.39 is 0 Å². The first-order valence-electron chi connectivity index (χ1n) is 8.51. The van der Waals surface area contributed by atoms with E-state index in [1.54, 1.807) is 4.68 Å². The molecule has 1 aliphatic rings. The zero-order chi connectivity index (χ0) is 17.2. The fraction of sp³-hybridized carbons (Fsp3) is 0.316. The molecule has 0 amide bonds. The van der Waals surface area contributed by atoms with Gasteiger partial charge in [0, 0.05) is 12.3 Å². The van der Waals surface area contributed by atoms with E-state index in [-0.39, 0.29) is 12.1 Å². The van der Waals surface area contributed by atoms with Crippen molar-refractivity contribution in [3.05, 3.63) is 65.5 Å². The van der Waals surface area contributed by atoms with E-state index >= 15 is 0 Å². The van der Waals surface area contributed by atoms with Gasteiger partial charge in [0.15, 0.2) is 5.82 Å². The van der Waals surface area contributed by atoms with Crippen molar-refractivity contribution in [2.75, 3.05) is 11.9 Å². The first-order chi connectivity index (χ1) is 12.2. The van der Waals surface area contributed by atoms with Crippen molar-refractivity contribution in [2.45, 2.75) is 32.4 Å². The summed E-state index contributed by atoms with van der Waals surface area (Å²) in [5, 5.41) is 16.5. The molecule has 6 nitrogen and oxygen atoms in total. The third kappa shape index (κ3) is 3.25. The lowest BCUT2D eigenvalue weighted by Gasteiger charge is -2.20. The average molecular weight is 335 g/mol. The third-order valence-corrected chi connectivity index (χ3v) is 4.43. The number of rotatable bonds is 4. The predicted octanol–water partition coefficient (Wildman–Crippen LogP) is 3.22. The van der Waals surface area contributed by atoms with Gasteiger partial charge in [0.1, 0.15) is 11.9 Å². The lowest BCUT2D eigenvalue weighted by molar-refractivity contribution is 0.107. The second-order valence-electron chi connectivity index (χ2n) is 6.36. The quantitative estimate of drug-likeness (QED) is 0.793. The largest absolute Gasteiger partial charge is 0.371 e. The van der Waals surface area contributed by atoms with E-state index in [9.17, 15) is 0 Å². The van der Waals surface area contributed by atoms with Crippen molar-refractivity contribution < 1.29 is 4.74 Å². The van der Waals surface area contributed by atoms with Crippen LogP contribution in [0.5, 0.6) is 0 Å². The number of hydrogen-bond acceptors (Lipinski definition) is 5. The molecule has 3 heterocycles. The first kappa shape index (κ1) is 15.8. The van der Waals surface area contributed by atoms with Gasteiger partial charge in [0.25, 0.3) is 0 Å². The van der Waals surface area contributed by atoms with Crippen LogP contribution in [0.3, 0.4) is 0 Å². The van der Waals surface area contributed by atoms with Crippen LogP contribution in [0.4, 0.5) is 5.82 Å². The van der Waals surface area contributed by atoms with Crippen molar-refractivity contribution in [2.24, 2.45) is 0 Å². The maximum Gasteiger partial charge on any atom is 0.176 e. The van der Waals surface area contributed by atoms with Crippen LogP contribution in [0, 0.1) is 13.8 Å². The molecule has 0 bridgehead atoms. The normalized spacial score (nSPS) is 19.9. The number of nitrogens with one attached hydrogen (secondary N) is 1. The Morgan fingerprint density at radius 1 is 1.08 bits per heavy atom. The molecule has 6 heteroatoms. The Labute approximate surface area is 146 Å². The summed E-state index contributed by atoms with van der Waals surface area (Å²) in [6.07, 6.45) is 0.985. The summed E-state index contributed by atoms with van der Waals surface area (Å²) in [6.45, 7) is 4.72. The standard InChI is InChI=1S/C19H21N5O/c1-13-12-14(2)24(23-13)18-9-8-17(21-22-18)20-16-10-11-25-19(16)15-6-4-3-5-7-15/h3-9,12,16,19H,10-11H2,1-2H3,(H,20,21)/t16-,19+/m1/s1. The molecule has 128 valence electrons. The van der Waals surface area contributed by atoms with Gasteiger partial charge in [-0.05, 0) is 44.0 Å². The predicted molar refractivity (Wildman–Crippen MR) is 95.8 cm³/mol. The van der Waals surface area contributed by atoms with E-state index in [0.717, 1.165) is 36.1 Å². The summed E-state index contributed by atoms with van der Waals surface area (Å²) < 4.78 is 7.71. The number of aromatic nitrogens is 4. The lowest BCUT2D eigenvalue weighted by Crippen LogP contribution is -2.24. The smallest absolute Gasteiger partial charge is 0.176 e. The van der Waals surface area contributed by atoms with E-state index in [2.05, 4.69) is 32.7 Å². The number of ether oxygens (including phenoxy) is 1. The number of anilines is 1. The third-order valence-electron chi connectivity index (χ3n) is 4.43. The second kappa shape index (κ2) is 6.64. The fourth-order valence-corrected chi connectivity index (χ4v) is 3.27. The van der Waals surface area contributed by atoms with Gasteiger partial charge in [-0.3, -0.25) is 0 Å². The molecule has 0 saturated carbocycles. The molecule has 1 aliphatic heterocycles. The van der Waals surface area contributed by atoms with Crippen LogP contribution >= 0.6 is 0 Å². The van der Waals surface area contributed by atoms with E-state index in [1.165, 1.54) is 5.56 Å². The molecule has 25 heavy (non-hydrogen) atoms. The van der Waals surface area contributed by atoms with Crippen LogP contribution in [0.25, 0.3) is 5.82 Å². The van der Waals surface area contributed by atoms with Crippen LogP contribution in [0.2, 0.25) is 0 Å². The van der Waals surface area contributed by atoms with Gasteiger partial charge in [-0.15, -0.1) is 10.2 Å². The molecule has 1 aromatic carbocycles.